The molecular formula is C21H28N4O2. The van der Waals surface area contributed by atoms with E-state index in [0.29, 0.717) is 5.82 Å². The summed E-state index contributed by atoms with van der Waals surface area (Å²) in [5.41, 5.74) is 9.07. The molecule has 1 aromatic heterocycles. The summed E-state index contributed by atoms with van der Waals surface area (Å²) >= 11 is 0. The van der Waals surface area contributed by atoms with Gasteiger partial charge in [0.1, 0.15) is 5.82 Å². The lowest BCUT2D eigenvalue weighted by Gasteiger charge is -2.37. The lowest BCUT2D eigenvalue weighted by molar-refractivity contribution is -0.156. The van der Waals surface area contributed by atoms with Crippen LogP contribution >= 0.6 is 0 Å². The zero-order chi connectivity index (χ0) is 19.2. The minimum Gasteiger partial charge on any atom is -0.447 e. The van der Waals surface area contributed by atoms with Crippen molar-refractivity contribution in [3.63, 3.8) is 0 Å². The normalized spacial score (nSPS) is 16.8. The van der Waals surface area contributed by atoms with E-state index in [2.05, 4.69) is 39.0 Å². The Balaban J connectivity index is 1.46. The lowest BCUT2D eigenvalue weighted by atomic mass is 10.1. The quantitative estimate of drug-likeness (QED) is 0.790. The maximum atomic E-state index is 11.1. The van der Waals surface area contributed by atoms with Crippen LogP contribution in [0.3, 0.4) is 0 Å². The highest BCUT2D eigenvalue weighted by Gasteiger charge is 2.22. The van der Waals surface area contributed by atoms with Gasteiger partial charge in [-0.15, -0.1) is 0 Å². The van der Waals surface area contributed by atoms with Gasteiger partial charge in [0.2, 0.25) is 0 Å². The summed E-state index contributed by atoms with van der Waals surface area (Å²) < 4.78 is 5.26. The van der Waals surface area contributed by atoms with Gasteiger partial charge in [0.15, 0.2) is 6.23 Å². The number of rotatable bonds is 6. The van der Waals surface area contributed by atoms with Crippen molar-refractivity contribution >= 4 is 11.8 Å². The van der Waals surface area contributed by atoms with Crippen LogP contribution in [0, 0.1) is 0 Å². The summed E-state index contributed by atoms with van der Waals surface area (Å²) in [6.07, 6.45) is 0.877. The minimum absolute atomic E-state index is 0.141. The molecule has 1 aliphatic rings. The fraction of sp³-hybridized carbons (Fsp3) is 0.429. The van der Waals surface area contributed by atoms with Crippen LogP contribution in [0.4, 0.5) is 5.82 Å². The molecule has 27 heavy (non-hydrogen) atoms. The number of esters is 1. The van der Waals surface area contributed by atoms with Gasteiger partial charge in [0.05, 0.1) is 5.69 Å². The van der Waals surface area contributed by atoms with E-state index in [1.807, 2.05) is 19.1 Å². The van der Waals surface area contributed by atoms with Crippen molar-refractivity contribution in [3.8, 4) is 11.3 Å². The van der Waals surface area contributed by atoms with Crippen LogP contribution in [0.15, 0.2) is 42.5 Å². The zero-order valence-corrected chi connectivity index (χ0v) is 16.1. The number of anilines is 1. The lowest BCUT2D eigenvalue weighted by Crippen LogP contribution is -2.50. The fourth-order valence-electron chi connectivity index (χ4n) is 3.41. The van der Waals surface area contributed by atoms with Gasteiger partial charge >= 0.3 is 5.97 Å². The third kappa shape index (κ3) is 5.52. The van der Waals surface area contributed by atoms with Gasteiger partial charge in [-0.3, -0.25) is 9.69 Å². The van der Waals surface area contributed by atoms with Crippen LogP contribution in [0.25, 0.3) is 11.3 Å². The van der Waals surface area contributed by atoms with Crippen molar-refractivity contribution in [2.24, 2.45) is 0 Å². The number of nitrogen functional groups attached to an aromatic ring is 1. The number of piperazine rings is 1. The largest absolute Gasteiger partial charge is 0.447 e. The Hall–Kier alpha value is -2.44. The SMILES string of the molecule is CC(=O)OC(C)N1CCN(CCc2ccc(-c3cccc(N)n3)cc2)CC1. The highest BCUT2D eigenvalue weighted by atomic mass is 16.6. The summed E-state index contributed by atoms with van der Waals surface area (Å²) in [6.45, 7) is 8.27. The molecule has 1 aromatic carbocycles. The zero-order valence-electron chi connectivity index (χ0n) is 16.1. The molecule has 0 spiro atoms. The number of hydrogen-bond acceptors (Lipinski definition) is 6. The monoisotopic (exact) mass is 368 g/mol. The Morgan fingerprint density at radius 1 is 1.15 bits per heavy atom. The molecule has 0 amide bonds. The first-order valence-corrected chi connectivity index (χ1v) is 9.47. The van der Waals surface area contributed by atoms with E-state index in [1.165, 1.54) is 12.5 Å². The number of carbonyl (C=O) groups is 1. The first-order chi connectivity index (χ1) is 13.0. The van der Waals surface area contributed by atoms with Crippen LogP contribution in [-0.2, 0) is 16.0 Å². The van der Waals surface area contributed by atoms with Crippen molar-refractivity contribution in [1.29, 1.82) is 0 Å². The second kappa shape index (κ2) is 8.97. The second-order valence-corrected chi connectivity index (χ2v) is 6.98. The topological polar surface area (TPSA) is 71.7 Å². The minimum atomic E-state index is -0.221. The number of carbonyl (C=O) groups excluding carboxylic acids is 1. The molecule has 1 unspecified atom stereocenters. The standard InChI is InChI=1S/C21H28N4O2/c1-16(27-17(2)26)25-14-12-24(13-15-25)11-10-18-6-8-19(9-7-18)20-4-3-5-21(22)23-20/h3-9,16H,10-15H2,1-2H3,(H2,22,23). The first-order valence-electron chi connectivity index (χ1n) is 9.47. The fourth-order valence-corrected chi connectivity index (χ4v) is 3.41. The van der Waals surface area contributed by atoms with Crippen molar-refractivity contribution in [2.75, 3.05) is 38.5 Å². The smallest absolute Gasteiger partial charge is 0.304 e. The van der Waals surface area contributed by atoms with E-state index in [0.717, 1.165) is 50.4 Å². The third-order valence-corrected chi connectivity index (χ3v) is 4.99. The average molecular weight is 368 g/mol. The predicted molar refractivity (Wildman–Crippen MR) is 107 cm³/mol. The highest BCUT2D eigenvalue weighted by molar-refractivity contribution is 5.66. The number of nitrogens with two attached hydrogens (primary N) is 1. The molecule has 2 N–H and O–H groups in total. The van der Waals surface area contributed by atoms with Crippen LogP contribution in [0.5, 0.6) is 0 Å². The predicted octanol–water partition coefficient (Wildman–Crippen LogP) is 2.40. The van der Waals surface area contributed by atoms with Gasteiger partial charge < -0.3 is 15.4 Å². The molecule has 6 nitrogen and oxygen atoms in total. The summed E-state index contributed by atoms with van der Waals surface area (Å²) in [6, 6.07) is 14.2. The summed E-state index contributed by atoms with van der Waals surface area (Å²) in [4.78, 5) is 20.1. The summed E-state index contributed by atoms with van der Waals surface area (Å²) in [5.74, 6) is 0.320. The molecule has 1 saturated heterocycles. The summed E-state index contributed by atoms with van der Waals surface area (Å²) in [5, 5.41) is 0. The Labute approximate surface area is 160 Å². The molecule has 1 atom stereocenters. The molecule has 1 fully saturated rings. The Morgan fingerprint density at radius 3 is 2.48 bits per heavy atom. The first kappa shape index (κ1) is 19.3. The molecule has 1 aliphatic heterocycles. The Bertz CT molecular complexity index is 755. The molecule has 0 saturated carbocycles. The molecular weight excluding hydrogens is 340 g/mol. The van der Waals surface area contributed by atoms with E-state index in [1.54, 1.807) is 6.07 Å². The number of hydrogen-bond donors (Lipinski definition) is 1. The molecule has 0 radical (unpaired) electrons. The van der Waals surface area contributed by atoms with Gasteiger partial charge in [-0.05, 0) is 31.0 Å². The van der Waals surface area contributed by atoms with Gasteiger partial charge in [-0.1, -0.05) is 30.3 Å². The molecule has 2 heterocycles. The van der Waals surface area contributed by atoms with E-state index in [-0.39, 0.29) is 12.2 Å². The van der Waals surface area contributed by atoms with Crippen LogP contribution in [0.2, 0.25) is 0 Å². The molecule has 3 rings (SSSR count). The Kier molecular flexibility index (Phi) is 6.42. The average Bonchev–Trinajstić information content (AvgIpc) is 2.66. The van der Waals surface area contributed by atoms with Crippen molar-refractivity contribution in [1.82, 2.24) is 14.8 Å². The third-order valence-electron chi connectivity index (χ3n) is 4.99. The van der Waals surface area contributed by atoms with Crippen molar-refractivity contribution in [3.05, 3.63) is 48.0 Å². The van der Waals surface area contributed by atoms with Gasteiger partial charge in [0, 0.05) is 45.2 Å². The maximum Gasteiger partial charge on any atom is 0.304 e. The maximum absolute atomic E-state index is 11.1. The number of aromatic nitrogens is 1. The van der Waals surface area contributed by atoms with Crippen LogP contribution in [0.1, 0.15) is 19.4 Å². The number of benzene rings is 1. The number of nitrogens with zero attached hydrogens (tertiary/aromatic N) is 3. The molecule has 144 valence electrons. The number of pyridine rings is 1. The van der Waals surface area contributed by atoms with Crippen molar-refractivity contribution < 1.29 is 9.53 Å². The highest BCUT2D eigenvalue weighted by Crippen LogP contribution is 2.19. The number of ether oxygens (including phenoxy) is 1. The van der Waals surface area contributed by atoms with E-state index in [4.69, 9.17) is 10.5 Å². The second-order valence-electron chi connectivity index (χ2n) is 6.98. The molecule has 0 aliphatic carbocycles. The molecule has 2 aromatic rings. The summed E-state index contributed by atoms with van der Waals surface area (Å²) in [7, 11) is 0. The van der Waals surface area contributed by atoms with E-state index < -0.39 is 0 Å². The van der Waals surface area contributed by atoms with Crippen LogP contribution < -0.4 is 5.73 Å². The molecule has 6 heteroatoms. The van der Waals surface area contributed by atoms with E-state index in [9.17, 15) is 4.79 Å². The van der Waals surface area contributed by atoms with E-state index >= 15 is 0 Å². The van der Waals surface area contributed by atoms with Gasteiger partial charge in [-0.25, -0.2) is 4.98 Å². The van der Waals surface area contributed by atoms with Crippen molar-refractivity contribution in [2.45, 2.75) is 26.5 Å². The van der Waals surface area contributed by atoms with Gasteiger partial charge in [-0.2, -0.15) is 0 Å². The van der Waals surface area contributed by atoms with Gasteiger partial charge in [0.25, 0.3) is 0 Å². The Morgan fingerprint density at radius 2 is 1.85 bits per heavy atom. The van der Waals surface area contributed by atoms with Crippen LogP contribution in [-0.4, -0.2) is 59.7 Å². The molecule has 0 bridgehead atoms.